The van der Waals surface area contributed by atoms with E-state index in [-0.39, 0.29) is 23.1 Å². The molecule has 0 saturated carbocycles. The quantitative estimate of drug-likeness (QED) is 0.346. The summed E-state index contributed by atoms with van der Waals surface area (Å²) in [7, 11) is 0. The maximum absolute atomic E-state index is 12.2. The van der Waals surface area contributed by atoms with Gasteiger partial charge in [0.25, 0.3) is 5.91 Å². The summed E-state index contributed by atoms with van der Waals surface area (Å²) in [4.78, 5) is 27.8. The fourth-order valence-corrected chi connectivity index (χ4v) is 1.96. The second kappa shape index (κ2) is 5.33. The van der Waals surface area contributed by atoms with Crippen molar-refractivity contribution in [1.29, 1.82) is 0 Å². The zero-order valence-electron chi connectivity index (χ0n) is 9.74. The highest BCUT2D eigenvalue weighted by Crippen LogP contribution is 2.22. The lowest BCUT2D eigenvalue weighted by molar-refractivity contribution is -0.130. The lowest BCUT2D eigenvalue weighted by Crippen LogP contribution is -2.40. The van der Waals surface area contributed by atoms with Gasteiger partial charge in [-0.15, -0.1) is 0 Å². The predicted molar refractivity (Wildman–Crippen MR) is 65.1 cm³/mol. The van der Waals surface area contributed by atoms with Crippen molar-refractivity contribution in [2.24, 2.45) is 5.11 Å². The largest absolute Gasteiger partial charge is 0.279 e. The third-order valence-corrected chi connectivity index (χ3v) is 2.86. The number of imide groups is 1. The molecule has 0 spiro atoms. The first kappa shape index (κ1) is 12.1. The van der Waals surface area contributed by atoms with E-state index in [0.29, 0.717) is 13.0 Å². The van der Waals surface area contributed by atoms with Gasteiger partial charge in [0.2, 0.25) is 5.91 Å². The standard InChI is InChI=1S/C12H12N4O2/c13-15-14-10-6-2-1-5-9(10)12(18)16-8-4-3-7-11(16)17/h1-2,5-6H,3-4,7-8H2. The highest BCUT2D eigenvalue weighted by Gasteiger charge is 2.26. The van der Waals surface area contributed by atoms with Crippen LogP contribution < -0.4 is 0 Å². The summed E-state index contributed by atoms with van der Waals surface area (Å²) in [5.41, 5.74) is 8.98. The number of hydrogen-bond acceptors (Lipinski definition) is 3. The molecule has 0 radical (unpaired) electrons. The molecule has 0 bridgehead atoms. The van der Waals surface area contributed by atoms with E-state index in [1.807, 2.05) is 0 Å². The van der Waals surface area contributed by atoms with Crippen LogP contribution in [0.25, 0.3) is 10.4 Å². The number of piperidine rings is 1. The summed E-state index contributed by atoms with van der Waals surface area (Å²) < 4.78 is 0. The first-order valence-corrected chi connectivity index (χ1v) is 5.73. The Bertz CT molecular complexity index is 535. The van der Waals surface area contributed by atoms with Crippen molar-refractivity contribution in [2.75, 3.05) is 6.54 Å². The van der Waals surface area contributed by atoms with Crippen molar-refractivity contribution < 1.29 is 9.59 Å². The predicted octanol–water partition coefficient (Wildman–Crippen LogP) is 2.78. The summed E-state index contributed by atoms with van der Waals surface area (Å²) in [6.07, 6.45) is 2.04. The molecule has 1 aromatic carbocycles. The SMILES string of the molecule is [N-]=[N+]=Nc1ccccc1C(=O)N1CCCCC1=O. The molecule has 92 valence electrons. The zero-order chi connectivity index (χ0) is 13.0. The van der Waals surface area contributed by atoms with Crippen LogP contribution in [0.3, 0.4) is 0 Å². The van der Waals surface area contributed by atoms with Crippen LogP contribution in [-0.2, 0) is 4.79 Å². The molecule has 0 unspecified atom stereocenters. The molecule has 1 aromatic rings. The number of amides is 2. The van der Waals surface area contributed by atoms with Gasteiger partial charge in [0, 0.05) is 23.4 Å². The van der Waals surface area contributed by atoms with E-state index >= 15 is 0 Å². The van der Waals surface area contributed by atoms with Gasteiger partial charge >= 0.3 is 0 Å². The highest BCUT2D eigenvalue weighted by atomic mass is 16.2. The Balaban J connectivity index is 2.33. The molecule has 0 atom stereocenters. The Morgan fingerprint density at radius 1 is 1.33 bits per heavy atom. The molecule has 6 nitrogen and oxygen atoms in total. The average molecular weight is 244 g/mol. The van der Waals surface area contributed by atoms with Gasteiger partial charge in [-0.05, 0) is 24.4 Å². The highest BCUT2D eigenvalue weighted by molar-refractivity contribution is 6.07. The first-order chi connectivity index (χ1) is 8.74. The van der Waals surface area contributed by atoms with Gasteiger partial charge in [-0.1, -0.05) is 23.3 Å². The molecule has 6 heteroatoms. The Labute approximate surface area is 104 Å². The zero-order valence-corrected chi connectivity index (χ0v) is 9.74. The van der Waals surface area contributed by atoms with Crippen LogP contribution in [0.1, 0.15) is 29.6 Å². The number of likely N-dealkylation sites (tertiary alicyclic amines) is 1. The Hall–Kier alpha value is -2.33. The molecular weight excluding hydrogens is 232 g/mol. The smallest absolute Gasteiger partial charge is 0.260 e. The number of carbonyl (C=O) groups is 2. The van der Waals surface area contributed by atoms with Gasteiger partial charge in [-0.25, -0.2) is 0 Å². The number of azide groups is 1. The van der Waals surface area contributed by atoms with Gasteiger partial charge in [-0.2, -0.15) is 0 Å². The lowest BCUT2D eigenvalue weighted by atomic mass is 10.1. The Morgan fingerprint density at radius 3 is 2.83 bits per heavy atom. The molecule has 2 amide bonds. The number of nitrogens with zero attached hydrogens (tertiary/aromatic N) is 4. The Kier molecular flexibility index (Phi) is 3.60. The molecule has 0 aromatic heterocycles. The van der Waals surface area contributed by atoms with E-state index in [2.05, 4.69) is 10.0 Å². The summed E-state index contributed by atoms with van der Waals surface area (Å²) in [5.74, 6) is -0.551. The third kappa shape index (κ3) is 2.33. The monoisotopic (exact) mass is 244 g/mol. The molecule has 2 rings (SSSR count). The first-order valence-electron chi connectivity index (χ1n) is 5.73. The summed E-state index contributed by atoms with van der Waals surface area (Å²) in [5, 5.41) is 3.47. The molecule has 18 heavy (non-hydrogen) atoms. The fraction of sp³-hybridized carbons (Fsp3) is 0.333. The topological polar surface area (TPSA) is 86.1 Å². The minimum atomic E-state index is -0.386. The van der Waals surface area contributed by atoms with Crippen LogP contribution in [0.2, 0.25) is 0 Å². The van der Waals surface area contributed by atoms with Crippen molar-refractivity contribution >= 4 is 17.5 Å². The summed E-state index contributed by atoms with van der Waals surface area (Å²) in [6.45, 7) is 0.433. The number of rotatable bonds is 2. The van der Waals surface area contributed by atoms with Gasteiger partial charge in [0.15, 0.2) is 0 Å². The van der Waals surface area contributed by atoms with E-state index in [1.54, 1.807) is 24.3 Å². The van der Waals surface area contributed by atoms with E-state index < -0.39 is 0 Å². The van der Waals surface area contributed by atoms with Gasteiger partial charge in [-0.3, -0.25) is 14.5 Å². The fourth-order valence-electron chi connectivity index (χ4n) is 1.96. The van der Waals surface area contributed by atoms with E-state index in [4.69, 9.17) is 5.53 Å². The lowest BCUT2D eigenvalue weighted by Gasteiger charge is -2.25. The van der Waals surface area contributed by atoms with Gasteiger partial charge in [0.05, 0.1) is 5.69 Å². The van der Waals surface area contributed by atoms with Crippen LogP contribution in [-0.4, -0.2) is 23.3 Å². The third-order valence-electron chi connectivity index (χ3n) is 2.86. The molecule has 0 aliphatic carbocycles. The minimum absolute atomic E-state index is 0.165. The van der Waals surface area contributed by atoms with Crippen LogP contribution in [0, 0.1) is 0 Å². The summed E-state index contributed by atoms with van der Waals surface area (Å²) in [6, 6.07) is 6.48. The second-order valence-electron chi connectivity index (χ2n) is 4.01. The Morgan fingerprint density at radius 2 is 2.11 bits per heavy atom. The normalized spacial score (nSPS) is 15.1. The number of hydrogen-bond donors (Lipinski definition) is 0. The van der Waals surface area contributed by atoms with E-state index in [9.17, 15) is 9.59 Å². The van der Waals surface area contributed by atoms with Crippen molar-refractivity contribution in [1.82, 2.24) is 4.90 Å². The molecule has 1 aliphatic heterocycles. The van der Waals surface area contributed by atoms with Crippen LogP contribution in [0.4, 0.5) is 5.69 Å². The maximum Gasteiger partial charge on any atom is 0.260 e. The minimum Gasteiger partial charge on any atom is -0.279 e. The summed E-state index contributed by atoms with van der Waals surface area (Å²) >= 11 is 0. The van der Waals surface area contributed by atoms with Gasteiger partial charge < -0.3 is 0 Å². The van der Waals surface area contributed by atoms with Gasteiger partial charge in [0.1, 0.15) is 0 Å². The van der Waals surface area contributed by atoms with E-state index in [1.165, 1.54) is 4.90 Å². The molecule has 0 N–H and O–H groups in total. The molecule has 1 heterocycles. The van der Waals surface area contributed by atoms with Crippen molar-refractivity contribution in [3.63, 3.8) is 0 Å². The molecule has 1 aliphatic rings. The van der Waals surface area contributed by atoms with Crippen LogP contribution >= 0.6 is 0 Å². The number of benzene rings is 1. The van der Waals surface area contributed by atoms with E-state index in [0.717, 1.165) is 12.8 Å². The van der Waals surface area contributed by atoms with Crippen molar-refractivity contribution in [3.8, 4) is 0 Å². The molecular formula is C12H12N4O2. The van der Waals surface area contributed by atoms with Crippen molar-refractivity contribution in [2.45, 2.75) is 19.3 Å². The van der Waals surface area contributed by atoms with Crippen molar-refractivity contribution in [3.05, 3.63) is 40.3 Å². The number of carbonyl (C=O) groups excluding carboxylic acids is 2. The average Bonchev–Trinajstić information content (AvgIpc) is 2.40. The van der Waals surface area contributed by atoms with Crippen LogP contribution in [0.15, 0.2) is 29.4 Å². The second-order valence-corrected chi connectivity index (χ2v) is 4.01. The van der Waals surface area contributed by atoms with Crippen LogP contribution in [0.5, 0.6) is 0 Å². The molecule has 1 saturated heterocycles. The molecule has 1 fully saturated rings. The maximum atomic E-state index is 12.2.